The van der Waals surface area contributed by atoms with Gasteiger partial charge in [0.1, 0.15) is 13.2 Å². The van der Waals surface area contributed by atoms with Crippen LogP contribution in [-0.2, 0) is 18.4 Å². The number of allylic oxidation sites excluding steroid dienone is 2. The van der Waals surface area contributed by atoms with Gasteiger partial charge in [-0.25, -0.2) is 0 Å². The summed E-state index contributed by atoms with van der Waals surface area (Å²) in [5.74, 6) is -0.172. The van der Waals surface area contributed by atoms with Crippen LogP contribution in [0.15, 0.2) is 12.2 Å². The number of hydrogen-bond acceptors (Lipinski definition) is 6. The second-order valence-electron chi connectivity index (χ2n) is 18.5. The third-order valence-electron chi connectivity index (χ3n) is 11.5. The summed E-state index contributed by atoms with van der Waals surface area (Å²) in [6.07, 6.45) is 48.0. The molecule has 0 radical (unpaired) electrons. The molecule has 58 heavy (non-hydrogen) atoms. The van der Waals surface area contributed by atoms with E-state index in [4.69, 9.17) is 9.05 Å². The number of unbranched alkanes of at least 4 members (excludes halogenated alkanes) is 31. The molecule has 0 aliphatic rings. The molecule has 0 spiro atoms. The van der Waals surface area contributed by atoms with Gasteiger partial charge in [-0.1, -0.05) is 212 Å². The second-order valence-corrected chi connectivity index (χ2v) is 19.9. The number of rotatable bonds is 46. The van der Waals surface area contributed by atoms with Gasteiger partial charge < -0.3 is 28.8 Å². The monoisotopic (exact) mass is 843 g/mol. The number of nitrogens with one attached hydrogen (secondary N) is 1. The highest BCUT2D eigenvalue weighted by Gasteiger charge is 2.24. The molecule has 3 unspecified atom stereocenters. The Balaban J connectivity index is 4.20. The van der Waals surface area contributed by atoms with E-state index < -0.39 is 20.0 Å². The minimum atomic E-state index is -4.56. The Kier molecular flexibility index (Phi) is 41.0. The first kappa shape index (κ1) is 57.2. The number of carbonyl (C=O) groups excluding carboxylic acids is 1. The molecule has 0 fully saturated rings. The average Bonchev–Trinajstić information content (AvgIpc) is 3.17. The van der Waals surface area contributed by atoms with Crippen molar-refractivity contribution in [3.8, 4) is 0 Å². The first-order valence-electron chi connectivity index (χ1n) is 25.0. The van der Waals surface area contributed by atoms with Gasteiger partial charge in [-0.3, -0.25) is 9.36 Å². The van der Waals surface area contributed by atoms with Crippen LogP contribution in [0.25, 0.3) is 0 Å². The predicted octanol–water partition coefficient (Wildman–Crippen LogP) is 13.7. The lowest BCUT2D eigenvalue weighted by atomic mass is 10.0. The first-order valence-corrected chi connectivity index (χ1v) is 26.5. The fourth-order valence-electron chi connectivity index (χ4n) is 7.51. The molecule has 0 heterocycles. The summed E-state index contributed by atoms with van der Waals surface area (Å²) in [5.41, 5.74) is 0. The maximum absolute atomic E-state index is 12.9. The number of phosphoric ester groups is 1. The van der Waals surface area contributed by atoms with E-state index in [0.717, 1.165) is 51.4 Å². The molecule has 8 nitrogen and oxygen atoms in total. The zero-order chi connectivity index (χ0) is 42.8. The van der Waals surface area contributed by atoms with Crippen molar-refractivity contribution < 1.29 is 32.9 Å². The van der Waals surface area contributed by atoms with E-state index in [2.05, 4.69) is 31.3 Å². The number of hydrogen-bond donors (Lipinski definition) is 2. The van der Waals surface area contributed by atoms with Gasteiger partial charge in [0, 0.05) is 6.42 Å². The molecular weight excluding hydrogens is 744 g/mol. The predicted molar refractivity (Wildman–Crippen MR) is 247 cm³/mol. The van der Waals surface area contributed by atoms with Gasteiger partial charge in [0.15, 0.2) is 0 Å². The van der Waals surface area contributed by atoms with Gasteiger partial charge >= 0.3 is 0 Å². The highest BCUT2D eigenvalue weighted by molar-refractivity contribution is 7.45. The third kappa shape index (κ3) is 43.3. The lowest BCUT2D eigenvalue weighted by molar-refractivity contribution is -0.870. The van der Waals surface area contributed by atoms with E-state index in [9.17, 15) is 19.4 Å². The molecule has 3 atom stereocenters. The topological polar surface area (TPSA) is 108 Å². The highest BCUT2D eigenvalue weighted by Crippen LogP contribution is 2.38. The molecule has 0 aromatic heterocycles. The second kappa shape index (κ2) is 41.6. The van der Waals surface area contributed by atoms with Crippen LogP contribution in [0, 0.1) is 0 Å². The van der Waals surface area contributed by atoms with Crippen molar-refractivity contribution in [3.63, 3.8) is 0 Å². The Hall–Kier alpha value is -0.760. The summed E-state index contributed by atoms with van der Waals surface area (Å²) in [7, 11) is 1.31. The van der Waals surface area contributed by atoms with Crippen molar-refractivity contribution in [1.82, 2.24) is 5.32 Å². The van der Waals surface area contributed by atoms with Gasteiger partial charge in [-0.05, 0) is 38.5 Å². The van der Waals surface area contributed by atoms with Crippen molar-refractivity contribution >= 4 is 13.7 Å². The van der Waals surface area contributed by atoms with Crippen molar-refractivity contribution in [2.75, 3.05) is 40.9 Å². The van der Waals surface area contributed by atoms with Crippen LogP contribution in [0.3, 0.4) is 0 Å². The van der Waals surface area contributed by atoms with E-state index in [1.807, 2.05) is 21.1 Å². The highest BCUT2D eigenvalue weighted by atomic mass is 31.2. The third-order valence-corrected chi connectivity index (χ3v) is 12.5. The molecule has 0 aliphatic carbocycles. The minimum absolute atomic E-state index is 0.0126. The SMILES string of the molecule is CCCCCC/C=C\CCCCCCCC(=O)NC(COP(=O)([O-])OCC[N+](C)(C)C)C(O)CCCCCCCCCCCCCCCCCCCCCCCCC. The van der Waals surface area contributed by atoms with Crippen molar-refractivity contribution in [2.24, 2.45) is 0 Å². The zero-order valence-electron chi connectivity index (χ0n) is 39.3. The molecule has 346 valence electrons. The van der Waals surface area contributed by atoms with Gasteiger partial charge in [-0.15, -0.1) is 0 Å². The summed E-state index contributed by atoms with van der Waals surface area (Å²) in [6.45, 7) is 4.72. The smallest absolute Gasteiger partial charge is 0.268 e. The van der Waals surface area contributed by atoms with E-state index in [0.29, 0.717) is 23.9 Å². The lowest BCUT2D eigenvalue weighted by Crippen LogP contribution is -2.46. The molecule has 0 aromatic rings. The number of quaternary nitrogens is 1. The molecule has 1 amide bonds. The van der Waals surface area contributed by atoms with E-state index >= 15 is 0 Å². The van der Waals surface area contributed by atoms with E-state index in [-0.39, 0.29) is 19.1 Å². The molecule has 0 aromatic carbocycles. The van der Waals surface area contributed by atoms with E-state index in [1.165, 1.54) is 167 Å². The first-order chi connectivity index (χ1) is 28.0. The molecule has 0 saturated heterocycles. The number of amides is 1. The fourth-order valence-corrected chi connectivity index (χ4v) is 8.23. The van der Waals surface area contributed by atoms with Crippen molar-refractivity contribution in [2.45, 2.75) is 257 Å². The average molecular weight is 843 g/mol. The normalized spacial score (nSPS) is 14.3. The molecule has 2 N–H and O–H groups in total. The number of aliphatic hydroxyl groups excluding tert-OH is 1. The fraction of sp³-hybridized carbons (Fsp3) is 0.939. The summed E-state index contributed by atoms with van der Waals surface area (Å²) in [6, 6.07) is -0.801. The zero-order valence-corrected chi connectivity index (χ0v) is 40.2. The molecular formula is C49H99N2O6P. The largest absolute Gasteiger partial charge is 0.756 e. The molecule has 0 rings (SSSR count). The van der Waals surface area contributed by atoms with Crippen molar-refractivity contribution in [3.05, 3.63) is 12.2 Å². The van der Waals surface area contributed by atoms with Crippen LogP contribution in [-0.4, -0.2) is 68.5 Å². The van der Waals surface area contributed by atoms with Gasteiger partial charge in [0.05, 0.1) is 39.9 Å². The summed E-state index contributed by atoms with van der Waals surface area (Å²) in [4.78, 5) is 25.4. The molecule has 0 saturated carbocycles. The summed E-state index contributed by atoms with van der Waals surface area (Å²) >= 11 is 0. The van der Waals surface area contributed by atoms with Gasteiger partial charge in [-0.2, -0.15) is 0 Å². The lowest BCUT2D eigenvalue weighted by Gasteiger charge is -2.30. The summed E-state index contributed by atoms with van der Waals surface area (Å²) < 4.78 is 23.3. The van der Waals surface area contributed by atoms with E-state index in [1.54, 1.807) is 0 Å². The maximum Gasteiger partial charge on any atom is 0.268 e. The molecule has 0 aliphatic heterocycles. The van der Waals surface area contributed by atoms with Gasteiger partial charge in [0.2, 0.25) is 5.91 Å². The Morgan fingerprint density at radius 2 is 0.948 bits per heavy atom. The maximum atomic E-state index is 12.9. The van der Waals surface area contributed by atoms with Crippen LogP contribution in [0.1, 0.15) is 245 Å². The molecule has 0 bridgehead atoms. The summed E-state index contributed by atoms with van der Waals surface area (Å²) in [5, 5.41) is 13.9. The number of aliphatic hydroxyl groups is 1. The number of likely N-dealkylation sites (N-methyl/N-ethyl adjacent to an activating group) is 1. The minimum Gasteiger partial charge on any atom is -0.756 e. The molecule has 9 heteroatoms. The van der Waals surface area contributed by atoms with Crippen LogP contribution in [0.4, 0.5) is 0 Å². The van der Waals surface area contributed by atoms with Crippen LogP contribution < -0.4 is 10.2 Å². The Morgan fingerprint density at radius 3 is 1.36 bits per heavy atom. The quantitative estimate of drug-likeness (QED) is 0.0273. The van der Waals surface area contributed by atoms with Gasteiger partial charge in [0.25, 0.3) is 7.82 Å². The number of carbonyl (C=O) groups is 1. The van der Waals surface area contributed by atoms with Crippen LogP contribution in [0.5, 0.6) is 0 Å². The van der Waals surface area contributed by atoms with Crippen LogP contribution in [0.2, 0.25) is 0 Å². The number of nitrogens with zero attached hydrogens (tertiary/aromatic N) is 1. The number of phosphoric acid groups is 1. The Morgan fingerprint density at radius 1 is 0.586 bits per heavy atom. The standard InChI is InChI=1S/C49H99N2O6P/c1-6-8-10-12-14-16-18-20-21-22-23-24-25-26-27-28-29-31-32-34-36-38-40-42-48(52)47(46-57-58(54,55)56-45-44-51(3,4)5)50-49(53)43-41-39-37-35-33-30-19-17-15-13-11-9-7-2/h17,19,47-48,52H,6-16,18,20-46H2,1-5H3,(H-,50,53,54,55)/b19-17-. The Bertz CT molecular complexity index is 958. The van der Waals surface area contributed by atoms with Crippen molar-refractivity contribution in [1.29, 1.82) is 0 Å². The van der Waals surface area contributed by atoms with Crippen LogP contribution >= 0.6 is 7.82 Å². The Labute approximate surface area is 361 Å².